The van der Waals surface area contributed by atoms with Gasteiger partial charge in [-0.1, -0.05) is 12.7 Å². The molecule has 0 atom stereocenters. The van der Waals surface area contributed by atoms with Crippen LogP contribution in [0.15, 0.2) is 12.7 Å². The highest BCUT2D eigenvalue weighted by Crippen LogP contribution is 2.16. The number of ether oxygens (including phenoxy) is 1. The summed E-state index contributed by atoms with van der Waals surface area (Å²) < 4.78 is 4.76. The quantitative estimate of drug-likeness (QED) is 0.684. The number of alkyl carbamates (subject to hydrolysis) is 1. The molecule has 0 aliphatic carbocycles. The Morgan fingerprint density at radius 3 is 2.67 bits per heavy atom. The van der Waals surface area contributed by atoms with E-state index in [1.807, 2.05) is 0 Å². The molecule has 1 aliphatic rings. The van der Waals surface area contributed by atoms with Crippen LogP contribution in [0.2, 0.25) is 0 Å². The lowest BCUT2D eigenvalue weighted by atomic mass is 9.97. The largest absolute Gasteiger partial charge is 0.481 e. The van der Waals surface area contributed by atoms with Crippen LogP contribution in [0.5, 0.6) is 0 Å². The molecular formula is C12H20N2O4. The summed E-state index contributed by atoms with van der Waals surface area (Å²) in [7, 11) is 0. The number of hydrogen-bond acceptors (Lipinski definition) is 4. The van der Waals surface area contributed by atoms with Gasteiger partial charge in [-0.25, -0.2) is 4.79 Å². The van der Waals surface area contributed by atoms with Gasteiger partial charge in [0.25, 0.3) is 0 Å². The van der Waals surface area contributed by atoms with Crippen LogP contribution in [-0.2, 0) is 9.53 Å². The van der Waals surface area contributed by atoms with Gasteiger partial charge in [-0.3, -0.25) is 4.79 Å². The Kier molecular flexibility index (Phi) is 6.21. The van der Waals surface area contributed by atoms with Crippen molar-refractivity contribution in [2.45, 2.75) is 12.8 Å². The molecule has 0 bridgehead atoms. The van der Waals surface area contributed by atoms with E-state index in [0.717, 1.165) is 19.6 Å². The van der Waals surface area contributed by atoms with Gasteiger partial charge in [0.05, 0.1) is 5.92 Å². The Hall–Kier alpha value is -1.56. The number of nitrogens with zero attached hydrogens (tertiary/aromatic N) is 1. The third-order valence-corrected chi connectivity index (χ3v) is 2.97. The van der Waals surface area contributed by atoms with Crippen LogP contribution >= 0.6 is 0 Å². The summed E-state index contributed by atoms with van der Waals surface area (Å²) in [5.74, 6) is -0.924. The van der Waals surface area contributed by atoms with Gasteiger partial charge in [-0.2, -0.15) is 0 Å². The third-order valence-electron chi connectivity index (χ3n) is 2.97. The van der Waals surface area contributed by atoms with Crippen LogP contribution in [0.3, 0.4) is 0 Å². The Balaban J connectivity index is 2.09. The molecule has 1 amide bonds. The molecular weight excluding hydrogens is 236 g/mol. The SMILES string of the molecule is C=CCOC(=O)NCCN1CCC(C(=O)O)CC1. The van der Waals surface area contributed by atoms with Gasteiger partial charge in [0.2, 0.25) is 0 Å². The van der Waals surface area contributed by atoms with Crippen LogP contribution in [-0.4, -0.2) is 54.9 Å². The third kappa shape index (κ3) is 5.18. The van der Waals surface area contributed by atoms with Crippen molar-refractivity contribution in [2.75, 3.05) is 32.8 Å². The minimum Gasteiger partial charge on any atom is -0.481 e. The summed E-state index contributed by atoms with van der Waals surface area (Å²) in [5.41, 5.74) is 0. The van der Waals surface area contributed by atoms with Crippen LogP contribution in [0, 0.1) is 5.92 Å². The number of amides is 1. The highest BCUT2D eigenvalue weighted by atomic mass is 16.5. The molecule has 2 N–H and O–H groups in total. The van der Waals surface area contributed by atoms with Crippen molar-refractivity contribution in [1.29, 1.82) is 0 Å². The summed E-state index contributed by atoms with van der Waals surface area (Å²) in [6.07, 6.45) is 2.42. The lowest BCUT2D eigenvalue weighted by molar-refractivity contribution is -0.143. The molecule has 0 aromatic heterocycles. The highest BCUT2D eigenvalue weighted by Gasteiger charge is 2.23. The highest BCUT2D eigenvalue weighted by molar-refractivity contribution is 5.70. The molecule has 0 aromatic carbocycles. The van der Waals surface area contributed by atoms with E-state index in [2.05, 4.69) is 16.8 Å². The fourth-order valence-electron chi connectivity index (χ4n) is 1.91. The zero-order valence-electron chi connectivity index (χ0n) is 10.4. The molecule has 1 fully saturated rings. The number of piperidine rings is 1. The average Bonchev–Trinajstić information content (AvgIpc) is 2.37. The number of nitrogens with one attached hydrogen (secondary N) is 1. The lowest BCUT2D eigenvalue weighted by Crippen LogP contribution is -2.41. The minimum absolute atomic E-state index is 0.204. The van der Waals surface area contributed by atoms with Gasteiger partial charge in [0.1, 0.15) is 6.61 Å². The molecule has 1 rings (SSSR count). The molecule has 0 radical (unpaired) electrons. The monoisotopic (exact) mass is 256 g/mol. The molecule has 1 aliphatic heterocycles. The molecule has 6 nitrogen and oxygen atoms in total. The van der Waals surface area contributed by atoms with Gasteiger partial charge in [0.15, 0.2) is 0 Å². The molecule has 102 valence electrons. The van der Waals surface area contributed by atoms with E-state index in [1.54, 1.807) is 0 Å². The van der Waals surface area contributed by atoms with Crippen molar-refractivity contribution in [3.8, 4) is 0 Å². The maximum atomic E-state index is 11.1. The predicted octanol–water partition coefficient (Wildman–Crippen LogP) is 0.695. The molecule has 1 heterocycles. The topological polar surface area (TPSA) is 78.9 Å². The Labute approximate surface area is 107 Å². The van der Waals surface area contributed by atoms with Gasteiger partial charge in [0, 0.05) is 13.1 Å². The Morgan fingerprint density at radius 2 is 2.11 bits per heavy atom. The average molecular weight is 256 g/mol. The van der Waals surface area contributed by atoms with Crippen molar-refractivity contribution in [2.24, 2.45) is 5.92 Å². The number of carboxylic acid groups (broad SMARTS) is 1. The number of carbonyl (C=O) groups is 2. The molecule has 6 heteroatoms. The second kappa shape index (κ2) is 7.71. The van der Waals surface area contributed by atoms with E-state index in [9.17, 15) is 9.59 Å². The van der Waals surface area contributed by atoms with E-state index in [0.29, 0.717) is 19.4 Å². The fourth-order valence-corrected chi connectivity index (χ4v) is 1.91. The van der Waals surface area contributed by atoms with Crippen LogP contribution in [0.1, 0.15) is 12.8 Å². The maximum absolute atomic E-state index is 11.1. The molecule has 0 spiro atoms. The smallest absolute Gasteiger partial charge is 0.407 e. The normalized spacial score (nSPS) is 17.1. The molecule has 0 unspecified atom stereocenters. The van der Waals surface area contributed by atoms with E-state index in [1.165, 1.54) is 6.08 Å². The zero-order chi connectivity index (χ0) is 13.4. The van der Waals surface area contributed by atoms with Crippen molar-refractivity contribution in [1.82, 2.24) is 10.2 Å². The van der Waals surface area contributed by atoms with Gasteiger partial charge < -0.3 is 20.1 Å². The standard InChI is InChI=1S/C12H20N2O4/c1-2-9-18-12(17)13-5-8-14-6-3-10(4-7-14)11(15)16/h2,10H,1,3-9H2,(H,13,17)(H,15,16). The van der Waals surface area contributed by atoms with Crippen LogP contribution in [0.4, 0.5) is 4.79 Å². The Morgan fingerprint density at radius 1 is 1.44 bits per heavy atom. The summed E-state index contributed by atoms with van der Waals surface area (Å²) >= 11 is 0. The fraction of sp³-hybridized carbons (Fsp3) is 0.667. The van der Waals surface area contributed by atoms with Gasteiger partial charge in [-0.05, 0) is 25.9 Å². The molecule has 0 saturated carbocycles. The summed E-state index contributed by atoms with van der Waals surface area (Å²) in [4.78, 5) is 24.0. The second-order valence-electron chi connectivity index (χ2n) is 4.27. The van der Waals surface area contributed by atoms with E-state index in [-0.39, 0.29) is 12.5 Å². The summed E-state index contributed by atoms with van der Waals surface area (Å²) in [6.45, 7) is 6.40. The molecule has 0 aromatic rings. The van der Waals surface area contributed by atoms with Crippen molar-refractivity contribution in [3.63, 3.8) is 0 Å². The first-order valence-electron chi connectivity index (χ1n) is 6.10. The number of aliphatic carboxylic acids is 1. The zero-order valence-corrected chi connectivity index (χ0v) is 10.4. The summed E-state index contributed by atoms with van der Waals surface area (Å²) in [6, 6.07) is 0. The number of carbonyl (C=O) groups excluding carboxylic acids is 1. The van der Waals surface area contributed by atoms with Crippen LogP contribution in [0.25, 0.3) is 0 Å². The predicted molar refractivity (Wildman–Crippen MR) is 66.3 cm³/mol. The molecule has 18 heavy (non-hydrogen) atoms. The van der Waals surface area contributed by atoms with Gasteiger partial charge >= 0.3 is 12.1 Å². The minimum atomic E-state index is -0.708. The number of carboxylic acids is 1. The van der Waals surface area contributed by atoms with Gasteiger partial charge in [-0.15, -0.1) is 0 Å². The van der Waals surface area contributed by atoms with Crippen LogP contribution < -0.4 is 5.32 Å². The van der Waals surface area contributed by atoms with E-state index < -0.39 is 12.1 Å². The van der Waals surface area contributed by atoms with Crippen molar-refractivity contribution < 1.29 is 19.4 Å². The second-order valence-corrected chi connectivity index (χ2v) is 4.27. The lowest BCUT2D eigenvalue weighted by Gasteiger charge is -2.29. The van der Waals surface area contributed by atoms with E-state index in [4.69, 9.17) is 9.84 Å². The first kappa shape index (κ1) is 14.5. The first-order chi connectivity index (χ1) is 8.63. The van der Waals surface area contributed by atoms with Crippen molar-refractivity contribution >= 4 is 12.1 Å². The number of rotatable bonds is 6. The number of likely N-dealkylation sites (tertiary alicyclic amines) is 1. The Bertz CT molecular complexity index is 298. The van der Waals surface area contributed by atoms with Crippen molar-refractivity contribution in [3.05, 3.63) is 12.7 Å². The first-order valence-corrected chi connectivity index (χ1v) is 6.10. The number of hydrogen-bond donors (Lipinski definition) is 2. The summed E-state index contributed by atoms with van der Waals surface area (Å²) in [5, 5.41) is 11.5. The maximum Gasteiger partial charge on any atom is 0.407 e. The van der Waals surface area contributed by atoms with E-state index >= 15 is 0 Å². The molecule has 1 saturated heterocycles.